The Morgan fingerprint density at radius 3 is 2.42 bits per heavy atom. The molecule has 0 unspecified atom stereocenters. The molecule has 2 rings (SSSR count). The van der Waals surface area contributed by atoms with E-state index in [1.807, 2.05) is 0 Å². The van der Waals surface area contributed by atoms with Crippen LogP contribution in [0.25, 0.3) is 0 Å². The fraction of sp³-hybridized carbons (Fsp3) is 0. The first-order chi connectivity index (χ1) is 9.04. The lowest BCUT2D eigenvalue weighted by Crippen LogP contribution is -2.19. The Hall–Kier alpha value is -2.27. The van der Waals surface area contributed by atoms with Gasteiger partial charge in [0, 0.05) is 16.4 Å². The van der Waals surface area contributed by atoms with Crippen LogP contribution >= 0.6 is 11.6 Å². The van der Waals surface area contributed by atoms with Crippen LogP contribution in [-0.4, -0.2) is 6.03 Å². The van der Waals surface area contributed by atoms with E-state index in [4.69, 9.17) is 17.3 Å². The van der Waals surface area contributed by atoms with Crippen molar-refractivity contribution in [2.24, 2.45) is 0 Å². The molecule has 0 bridgehead atoms. The van der Waals surface area contributed by atoms with Gasteiger partial charge in [-0.2, -0.15) is 0 Å². The number of amides is 2. The fourth-order valence-corrected chi connectivity index (χ4v) is 1.67. The van der Waals surface area contributed by atoms with Crippen molar-refractivity contribution in [3.05, 3.63) is 53.3 Å². The molecular weight excluding hydrogens is 269 g/mol. The van der Waals surface area contributed by atoms with Crippen LogP contribution < -0.4 is 16.4 Å². The van der Waals surface area contributed by atoms with Gasteiger partial charge in [0.05, 0.1) is 5.69 Å². The molecule has 0 radical (unpaired) electrons. The minimum Gasteiger partial charge on any atom is -0.396 e. The zero-order chi connectivity index (χ0) is 13.8. The highest BCUT2D eigenvalue weighted by molar-refractivity contribution is 6.30. The summed E-state index contributed by atoms with van der Waals surface area (Å²) in [5.41, 5.74) is 6.33. The molecule has 0 heterocycles. The summed E-state index contributed by atoms with van der Waals surface area (Å²) in [5.74, 6) is -0.527. The Morgan fingerprint density at radius 1 is 1.11 bits per heavy atom. The lowest BCUT2D eigenvalue weighted by molar-refractivity contribution is 0.262. The maximum Gasteiger partial charge on any atom is 0.323 e. The quantitative estimate of drug-likeness (QED) is 0.734. The monoisotopic (exact) mass is 279 g/mol. The molecule has 0 aliphatic heterocycles. The molecule has 0 atom stereocenters. The Labute approximate surface area is 114 Å². The second-order valence-corrected chi connectivity index (χ2v) is 4.26. The van der Waals surface area contributed by atoms with E-state index in [2.05, 4.69) is 10.6 Å². The third-order valence-electron chi connectivity index (χ3n) is 2.34. The Morgan fingerprint density at radius 2 is 1.79 bits per heavy atom. The summed E-state index contributed by atoms with van der Waals surface area (Å²) in [7, 11) is 0. The van der Waals surface area contributed by atoms with E-state index < -0.39 is 11.8 Å². The average Bonchev–Trinajstić information content (AvgIpc) is 2.34. The number of carbonyl (C=O) groups is 1. The van der Waals surface area contributed by atoms with Gasteiger partial charge in [-0.25, -0.2) is 9.18 Å². The molecule has 19 heavy (non-hydrogen) atoms. The molecule has 0 spiro atoms. The van der Waals surface area contributed by atoms with Crippen LogP contribution in [0.1, 0.15) is 0 Å². The number of nitrogens with one attached hydrogen (secondary N) is 2. The van der Waals surface area contributed by atoms with Gasteiger partial charge in [0.25, 0.3) is 0 Å². The van der Waals surface area contributed by atoms with Crippen molar-refractivity contribution in [2.45, 2.75) is 0 Å². The number of hydrogen-bond acceptors (Lipinski definition) is 2. The van der Waals surface area contributed by atoms with Gasteiger partial charge in [0.15, 0.2) is 0 Å². The highest BCUT2D eigenvalue weighted by Crippen LogP contribution is 2.18. The number of anilines is 3. The van der Waals surface area contributed by atoms with E-state index in [1.165, 1.54) is 18.2 Å². The van der Waals surface area contributed by atoms with Crippen molar-refractivity contribution in [3.63, 3.8) is 0 Å². The van der Waals surface area contributed by atoms with E-state index in [0.29, 0.717) is 16.4 Å². The van der Waals surface area contributed by atoms with Crippen molar-refractivity contribution < 1.29 is 9.18 Å². The second kappa shape index (κ2) is 5.58. The SMILES string of the molecule is Nc1cc(NC(=O)Nc2cccc(Cl)c2)ccc1F. The number of hydrogen-bond donors (Lipinski definition) is 3. The van der Waals surface area contributed by atoms with E-state index in [1.54, 1.807) is 24.3 Å². The van der Waals surface area contributed by atoms with E-state index >= 15 is 0 Å². The van der Waals surface area contributed by atoms with Crippen molar-refractivity contribution in [3.8, 4) is 0 Å². The molecule has 2 aromatic rings. The smallest absolute Gasteiger partial charge is 0.323 e. The van der Waals surface area contributed by atoms with Gasteiger partial charge in [0.2, 0.25) is 0 Å². The summed E-state index contributed by atoms with van der Waals surface area (Å²) < 4.78 is 13.0. The van der Waals surface area contributed by atoms with Crippen molar-refractivity contribution in [2.75, 3.05) is 16.4 Å². The molecule has 6 heteroatoms. The molecule has 4 N–H and O–H groups in total. The first-order valence-corrected chi connectivity index (χ1v) is 5.81. The number of nitrogens with two attached hydrogens (primary N) is 1. The summed E-state index contributed by atoms with van der Waals surface area (Å²) in [5, 5.41) is 5.65. The highest BCUT2D eigenvalue weighted by Gasteiger charge is 2.05. The second-order valence-electron chi connectivity index (χ2n) is 3.83. The van der Waals surface area contributed by atoms with Crippen LogP contribution in [-0.2, 0) is 0 Å². The van der Waals surface area contributed by atoms with Crippen LogP contribution in [0.15, 0.2) is 42.5 Å². The van der Waals surface area contributed by atoms with Crippen molar-refractivity contribution in [1.82, 2.24) is 0 Å². The van der Waals surface area contributed by atoms with E-state index in [-0.39, 0.29) is 5.69 Å². The van der Waals surface area contributed by atoms with Gasteiger partial charge in [-0.3, -0.25) is 0 Å². The summed E-state index contributed by atoms with van der Waals surface area (Å²) >= 11 is 5.80. The molecule has 0 fully saturated rings. The standard InChI is InChI=1S/C13H11ClFN3O/c14-8-2-1-3-9(6-8)17-13(19)18-10-4-5-11(15)12(16)7-10/h1-7H,16H2,(H2,17,18,19). The summed E-state index contributed by atoms with van der Waals surface area (Å²) in [6.45, 7) is 0. The zero-order valence-corrected chi connectivity index (χ0v) is 10.5. The fourth-order valence-electron chi connectivity index (χ4n) is 1.48. The Bertz CT molecular complexity index is 619. The predicted molar refractivity (Wildman–Crippen MR) is 74.9 cm³/mol. The van der Waals surface area contributed by atoms with E-state index in [9.17, 15) is 9.18 Å². The van der Waals surface area contributed by atoms with Crippen LogP contribution in [0.4, 0.5) is 26.2 Å². The minimum atomic E-state index is -0.527. The molecular formula is C13H11ClFN3O. The predicted octanol–water partition coefficient (Wildman–Crippen LogP) is 3.71. The van der Waals surface area contributed by atoms with Gasteiger partial charge in [0.1, 0.15) is 5.82 Å². The van der Waals surface area contributed by atoms with Gasteiger partial charge in [-0.15, -0.1) is 0 Å². The molecule has 98 valence electrons. The largest absolute Gasteiger partial charge is 0.396 e. The number of carbonyl (C=O) groups excluding carboxylic acids is 1. The molecule has 2 amide bonds. The highest BCUT2D eigenvalue weighted by atomic mass is 35.5. The number of benzene rings is 2. The maximum atomic E-state index is 13.0. The normalized spacial score (nSPS) is 10.0. The lowest BCUT2D eigenvalue weighted by Gasteiger charge is -2.08. The van der Waals surface area contributed by atoms with Gasteiger partial charge >= 0.3 is 6.03 Å². The molecule has 0 aromatic heterocycles. The third-order valence-corrected chi connectivity index (χ3v) is 2.57. The van der Waals surface area contributed by atoms with Crippen LogP contribution in [0.2, 0.25) is 5.02 Å². The van der Waals surface area contributed by atoms with Gasteiger partial charge in [-0.05, 0) is 36.4 Å². The Kier molecular flexibility index (Phi) is 3.87. The molecule has 0 saturated carbocycles. The summed E-state index contributed by atoms with van der Waals surface area (Å²) in [6.07, 6.45) is 0. The zero-order valence-electron chi connectivity index (χ0n) is 9.78. The van der Waals surface area contributed by atoms with Crippen LogP contribution in [0, 0.1) is 5.82 Å². The number of nitrogen functional groups attached to an aromatic ring is 1. The summed E-state index contributed by atoms with van der Waals surface area (Å²) in [6, 6.07) is 10.2. The minimum absolute atomic E-state index is 0.0273. The maximum absolute atomic E-state index is 13.0. The first-order valence-electron chi connectivity index (χ1n) is 5.43. The lowest BCUT2D eigenvalue weighted by atomic mass is 10.2. The van der Waals surface area contributed by atoms with Gasteiger partial charge < -0.3 is 16.4 Å². The topological polar surface area (TPSA) is 67.1 Å². The van der Waals surface area contributed by atoms with Gasteiger partial charge in [-0.1, -0.05) is 17.7 Å². The van der Waals surface area contributed by atoms with Crippen LogP contribution in [0.5, 0.6) is 0 Å². The first kappa shape index (κ1) is 13.2. The number of urea groups is 1. The molecule has 0 aliphatic carbocycles. The summed E-state index contributed by atoms with van der Waals surface area (Å²) in [4.78, 5) is 11.7. The van der Waals surface area contributed by atoms with Crippen molar-refractivity contribution in [1.29, 1.82) is 0 Å². The van der Waals surface area contributed by atoms with Crippen LogP contribution in [0.3, 0.4) is 0 Å². The Balaban J connectivity index is 2.03. The molecule has 2 aromatic carbocycles. The number of halogens is 2. The average molecular weight is 280 g/mol. The number of rotatable bonds is 2. The molecule has 4 nitrogen and oxygen atoms in total. The molecule has 0 aliphatic rings. The van der Waals surface area contributed by atoms with Crippen molar-refractivity contribution >= 4 is 34.7 Å². The molecule has 0 saturated heterocycles. The third kappa shape index (κ3) is 3.59. The van der Waals surface area contributed by atoms with E-state index in [0.717, 1.165) is 0 Å².